The van der Waals surface area contributed by atoms with E-state index in [-0.39, 0.29) is 17.7 Å². The molecule has 336 valence electrons. The van der Waals surface area contributed by atoms with E-state index in [1.807, 2.05) is 0 Å². The first-order chi connectivity index (χ1) is 34.5. The molecule has 0 spiro atoms. The topological polar surface area (TPSA) is 34.5 Å². The molecule has 0 amide bonds. The maximum atomic E-state index is 7.08. The van der Waals surface area contributed by atoms with Crippen molar-refractivity contribution in [1.29, 1.82) is 0 Å². The molecule has 5 heteroatoms. The molecule has 3 aromatic heterocycles. The fraction of sp³-hybridized carbons (Fsp3) is 0.121. The van der Waals surface area contributed by atoms with Crippen molar-refractivity contribution in [2.45, 2.75) is 52.4 Å². The second-order valence-electron chi connectivity index (χ2n) is 22.4. The molecule has 4 nitrogen and oxygen atoms in total. The average molecular weight is 911 g/mol. The molecule has 0 bridgehead atoms. The van der Waals surface area contributed by atoms with Crippen LogP contribution in [0.2, 0.25) is 0 Å². The molecule has 71 heavy (non-hydrogen) atoms. The molecular formula is C66H47BN2O2. The number of nitrogens with zero attached hydrogens (tertiary/aromatic N) is 2. The average Bonchev–Trinajstić information content (AvgIpc) is 4.07. The molecule has 2 aliphatic rings. The molecule has 0 radical (unpaired) electrons. The predicted molar refractivity (Wildman–Crippen MR) is 302 cm³/mol. The number of anilines is 3. The highest BCUT2D eigenvalue weighted by Crippen LogP contribution is 2.53. The van der Waals surface area contributed by atoms with E-state index in [1.54, 1.807) is 0 Å². The summed E-state index contributed by atoms with van der Waals surface area (Å²) in [6, 6.07) is 66.2. The number of benzene rings is 11. The van der Waals surface area contributed by atoms with Gasteiger partial charge in [-0.1, -0.05) is 157 Å². The molecule has 5 heterocycles. The van der Waals surface area contributed by atoms with E-state index < -0.39 is 0 Å². The van der Waals surface area contributed by atoms with Crippen LogP contribution in [0.1, 0.15) is 52.7 Å². The third kappa shape index (κ3) is 5.15. The number of rotatable bonds is 1. The molecule has 16 rings (SSSR count). The van der Waals surface area contributed by atoms with Gasteiger partial charge in [0.2, 0.25) is 0 Å². The lowest BCUT2D eigenvalue weighted by atomic mass is 9.44. The van der Waals surface area contributed by atoms with Crippen LogP contribution in [-0.2, 0) is 10.8 Å². The molecule has 11 aromatic carbocycles. The Morgan fingerprint density at radius 1 is 0.423 bits per heavy atom. The Bertz CT molecular complexity index is 4710. The van der Waals surface area contributed by atoms with Crippen LogP contribution in [0.25, 0.3) is 120 Å². The van der Waals surface area contributed by atoms with Gasteiger partial charge in [0.25, 0.3) is 0 Å². The standard InChI is InChI=1S/C66H47BN2O2/c1-65(2,3)38-31-39(66(4,5)6)33-40(32-38)68-54-30-37-28-49-44-20-10-8-18-42(44)41-17-7-9-19-43(41)48(49)27-36(37)29-52(54)67-62-55(68)35-58-59(47-23-13-16-26-57(47)70-58)60(62)51-34-50-45-21-12-15-25-56(45)71-64(50)61-46-22-11-14-24-53(46)69(67)63(51)61/h7-35H,1-6H3. The lowest BCUT2D eigenvalue weighted by Crippen LogP contribution is -2.56. The van der Waals surface area contributed by atoms with Crippen molar-refractivity contribution in [3.05, 3.63) is 187 Å². The van der Waals surface area contributed by atoms with Crippen molar-refractivity contribution < 1.29 is 8.83 Å². The summed E-state index contributed by atoms with van der Waals surface area (Å²) in [7, 11) is 0. The maximum absolute atomic E-state index is 7.08. The van der Waals surface area contributed by atoms with Gasteiger partial charge in [0.1, 0.15) is 22.3 Å². The Kier molecular flexibility index (Phi) is 7.42. The van der Waals surface area contributed by atoms with Gasteiger partial charge in [0, 0.05) is 66.7 Å². The normalized spacial score (nSPS) is 13.7. The number of hydrogen-bond acceptors (Lipinski definition) is 3. The zero-order chi connectivity index (χ0) is 47.4. The van der Waals surface area contributed by atoms with E-state index >= 15 is 0 Å². The molecule has 0 N–H and O–H groups in total. The smallest absolute Gasteiger partial charge is 0.333 e. The second kappa shape index (κ2) is 13.3. The fourth-order valence-corrected chi connectivity index (χ4v) is 13.0. The van der Waals surface area contributed by atoms with Crippen molar-refractivity contribution >= 4 is 144 Å². The van der Waals surface area contributed by atoms with E-state index in [4.69, 9.17) is 8.83 Å². The van der Waals surface area contributed by atoms with Crippen molar-refractivity contribution in [2.24, 2.45) is 0 Å². The van der Waals surface area contributed by atoms with E-state index in [0.29, 0.717) is 0 Å². The maximum Gasteiger partial charge on any atom is 0.333 e. The van der Waals surface area contributed by atoms with E-state index in [2.05, 4.69) is 227 Å². The zero-order valence-corrected chi connectivity index (χ0v) is 40.5. The SMILES string of the molecule is CC(C)(C)c1cc(N2c3cc4cc5c6ccccc6c6ccccc6c5cc4cc3B3c4c2cc2oc5ccccc5c2c4-c2cc4c5ccccc5oc4c4c5ccccc5n3c24)cc(C(C)(C)C)c1. The van der Waals surface area contributed by atoms with Crippen LogP contribution in [0.5, 0.6) is 0 Å². The minimum Gasteiger partial charge on any atom is -0.456 e. The first-order valence-electron chi connectivity index (χ1n) is 25.1. The monoisotopic (exact) mass is 910 g/mol. The Hall–Kier alpha value is -8.28. The summed E-state index contributed by atoms with van der Waals surface area (Å²) in [4.78, 5) is 2.60. The van der Waals surface area contributed by atoms with E-state index in [0.717, 1.165) is 60.6 Å². The molecule has 0 unspecified atom stereocenters. The quantitative estimate of drug-likeness (QED) is 0.0935. The van der Waals surface area contributed by atoms with Crippen LogP contribution in [0, 0.1) is 0 Å². The highest BCUT2D eigenvalue weighted by molar-refractivity contribution is 6.90. The first-order valence-corrected chi connectivity index (χ1v) is 25.1. The van der Waals surface area contributed by atoms with Crippen LogP contribution in [-0.4, -0.2) is 11.3 Å². The molecule has 0 saturated carbocycles. The van der Waals surface area contributed by atoms with Crippen molar-refractivity contribution in [3.8, 4) is 11.1 Å². The minimum atomic E-state index is -0.192. The van der Waals surface area contributed by atoms with E-state index in [1.165, 1.54) is 98.4 Å². The van der Waals surface area contributed by atoms with Gasteiger partial charge < -0.3 is 18.2 Å². The summed E-state index contributed by atoms with van der Waals surface area (Å²) in [5.74, 6) is 0. The summed E-state index contributed by atoms with van der Waals surface area (Å²) < 4.78 is 16.7. The number of hydrogen-bond donors (Lipinski definition) is 0. The van der Waals surface area contributed by atoms with Crippen LogP contribution in [0.3, 0.4) is 0 Å². The van der Waals surface area contributed by atoms with Gasteiger partial charge in [-0.15, -0.1) is 0 Å². The van der Waals surface area contributed by atoms with Crippen LogP contribution in [0.15, 0.2) is 185 Å². The second-order valence-corrected chi connectivity index (χ2v) is 22.4. The molecule has 0 atom stereocenters. The summed E-state index contributed by atoms with van der Waals surface area (Å²) >= 11 is 0. The van der Waals surface area contributed by atoms with Gasteiger partial charge in [-0.2, -0.15) is 0 Å². The highest BCUT2D eigenvalue weighted by Gasteiger charge is 2.45. The summed E-state index contributed by atoms with van der Waals surface area (Å²) in [6.07, 6.45) is 0. The zero-order valence-electron chi connectivity index (χ0n) is 40.5. The lowest BCUT2D eigenvalue weighted by molar-refractivity contribution is 0.569. The van der Waals surface area contributed by atoms with Gasteiger partial charge in [0.15, 0.2) is 0 Å². The fourth-order valence-electron chi connectivity index (χ4n) is 13.0. The summed E-state index contributed by atoms with van der Waals surface area (Å²) in [6.45, 7) is 13.9. The molecular weight excluding hydrogens is 864 g/mol. The van der Waals surface area contributed by atoms with Gasteiger partial charge in [-0.3, -0.25) is 0 Å². The number of aromatic nitrogens is 1. The molecule has 2 aliphatic heterocycles. The number of para-hydroxylation sites is 3. The summed E-state index contributed by atoms with van der Waals surface area (Å²) in [5.41, 5.74) is 16.9. The third-order valence-electron chi connectivity index (χ3n) is 16.3. The van der Waals surface area contributed by atoms with Crippen LogP contribution < -0.4 is 15.8 Å². The number of furan rings is 2. The predicted octanol–water partition coefficient (Wildman–Crippen LogP) is 17.2. The number of fused-ring (bicyclic) bond motifs is 22. The molecule has 0 aliphatic carbocycles. The van der Waals surface area contributed by atoms with Gasteiger partial charge in [-0.05, 0) is 136 Å². The molecule has 0 fully saturated rings. The van der Waals surface area contributed by atoms with E-state index in [9.17, 15) is 0 Å². The third-order valence-corrected chi connectivity index (χ3v) is 16.3. The van der Waals surface area contributed by atoms with Crippen molar-refractivity contribution in [2.75, 3.05) is 4.90 Å². The van der Waals surface area contributed by atoms with Crippen molar-refractivity contribution in [3.63, 3.8) is 0 Å². The van der Waals surface area contributed by atoms with Crippen LogP contribution in [0.4, 0.5) is 17.1 Å². The lowest BCUT2D eigenvalue weighted by Gasteiger charge is -2.41. The Labute approximate surface area is 410 Å². The Morgan fingerprint density at radius 2 is 0.972 bits per heavy atom. The Balaban J connectivity index is 1.14. The van der Waals surface area contributed by atoms with Gasteiger partial charge >= 0.3 is 6.85 Å². The minimum absolute atomic E-state index is 0.0985. The largest absolute Gasteiger partial charge is 0.456 e. The highest BCUT2D eigenvalue weighted by atomic mass is 16.3. The van der Waals surface area contributed by atoms with Crippen molar-refractivity contribution in [1.82, 2.24) is 4.48 Å². The molecule has 0 saturated heterocycles. The first kappa shape index (κ1) is 39.6. The van der Waals surface area contributed by atoms with Gasteiger partial charge in [-0.25, -0.2) is 0 Å². The van der Waals surface area contributed by atoms with Crippen LogP contribution >= 0.6 is 0 Å². The van der Waals surface area contributed by atoms with Gasteiger partial charge in [0.05, 0.1) is 5.39 Å². The Morgan fingerprint density at radius 3 is 1.62 bits per heavy atom. The summed E-state index contributed by atoms with van der Waals surface area (Å²) in [5, 5.41) is 17.0. The molecule has 14 aromatic rings.